The van der Waals surface area contributed by atoms with Crippen LogP contribution in [0.25, 0.3) is 0 Å². The Kier molecular flexibility index (Phi) is 6.93. The SMILES string of the molecule is C[C@H]([C@@H](C(=O)Nc1cc(C(CC(=O)O)C2CC2)ccc1Br)c1ccc2c(c1)OC(F)(F)O2)C(F)(F)F. The van der Waals surface area contributed by atoms with Crippen LogP contribution in [0.5, 0.6) is 11.5 Å². The monoisotopic (exact) mass is 577 g/mol. The molecule has 12 heteroatoms. The number of fused-ring (bicyclic) bond motifs is 1. The molecule has 2 aromatic rings. The van der Waals surface area contributed by atoms with E-state index in [1.807, 2.05) is 0 Å². The van der Waals surface area contributed by atoms with Gasteiger partial charge in [0.1, 0.15) is 0 Å². The molecule has 4 rings (SSSR count). The maximum atomic E-state index is 13.7. The van der Waals surface area contributed by atoms with Crippen molar-refractivity contribution in [2.45, 2.75) is 50.5 Å². The predicted molar refractivity (Wildman–Crippen MR) is 121 cm³/mol. The van der Waals surface area contributed by atoms with Gasteiger partial charge in [-0.2, -0.15) is 13.2 Å². The number of carboxylic acids is 1. The third kappa shape index (κ3) is 5.74. The number of ether oxygens (including phenoxy) is 2. The molecule has 0 aromatic heterocycles. The number of rotatable bonds is 8. The van der Waals surface area contributed by atoms with Gasteiger partial charge in [0.15, 0.2) is 11.5 Å². The molecule has 6 nitrogen and oxygen atoms in total. The van der Waals surface area contributed by atoms with E-state index in [1.54, 1.807) is 18.2 Å². The summed E-state index contributed by atoms with van der Waals surface area (Å²) in [6, 6.07) is 7.91. The average Bonchev–Trinajstić information content (AvgIpc) is 3.55. The van der Waals surface area contributed by atoms with Crippen LogP contribution in [-0.4, -0.2) is 29.5 Å². The normalized spacial score (nSPS) is 18.9. The van der Waals surface area contributed by atoms with E-state index >= 15 is 0 Å². The lowest BCUT2D eigenvalue weighted by Crippen LogP contribution is -2.34. The van der Waals surface area contributed by atoms with Crippen molar-refractivity contribution < 1.29 is 46.1 Å². The van der Waals surface area contributed by atoms with Crippen LogP contribution in [0, 0.1) is 11.8 Å². The second-order valence-electron chi connectivity index (χ2n) is 8.95. The van der Waals surface area contributed by atoms with Gasteiger partial charge < -0.3 is 19.9 Å². The molecule has 0 radical (unpaired) electrons. The van der Waals surface area contributed by atoms with Gasteiger partial charge in [0.25, 0.3) is 0 Å². The number of nitrogens with one attached hydrogen (secondary N) is 1. The maximum absolute atomic E-state index is 13.7. The van der Waals surface area contributed by atoms with E-state index in [0.29, 0.717) is 10.0 Å². The van der Waals surface area contributed by atoms with Gasteiger partial charge in [-0.3, -0.25) is 9.59 Å². The fraction of sp³-hybridized carbons (Fsp3) is 0.417. The average molecular weight is 578 g/mol. The molecule has 2 N–H and O–H groups in total. The first-order chi connectivity index (χ1) is 16.7. The van der Waals surface area contributed by atoms with Gasteiger partial charge in [0.2, 0.25) is 5.91 Å². The lowest BCUT2D eigenvalue weighted by atomic mass is 9.85. The van der Waals surface area contributed by atoms with Crippen molar-refractivity contribution >= 4 is 33.5 Å². The highest BCUT2D eigenvalue weighted by Gasteiger charge is 2.47. The Bertz CT molecular complexity index is 1180. The Morgan fingerprint density at radius 2 is 1.75 bits per heavy atom. The summed E-state index contributed by atoms with van der Waals surface area (Å²) in [4.78, 5) is 24.6. The van der Waals surface area contributed by atoms with E-state index in [9.17, 15) is 36.6 Å². The standard InChI is InChI=1S/C24H21BrF5NO5/c1-11(23(26,27)28)21(14-5-7-18-19(9-14)36-24(29,30)35-18)22(34)31-17-8-13(4-6-16(17)25)15(10-20(32)33)12-2-3-12/h4-9,11-12,15,21H,2-3,10H2,1H3,(H,31,34)(H,32,33)/t11-,15?,21-/m1/s1. The predicted octanol–water partition coefficient (Wildman–Crippen LogP) is 6.66. The van der Waals surface area contributed by atoms with Crippen LogP contribution >= 0.6 is 15.9 Å². The first-order valence-electron chi connectivity index (χ1n) is 11.0. The van der Waals surface area contributed by atoms with Crippen LogP contribution in [0.3, 0.4) is 0 Å². The molecule has 1 aliphatic carbocycles. The zero-order valence-corrected chi connectivity index (χ0v) is 20.3. The summed E-state index contributed by atoms with van der Waals surface area (Å²) < 4.78 is 77.0. The van der Waals surface area contributed by atoms with Crippen LogP contribution in [-0.2, 0) is 9.59 Å². The maximum Gasteiger partial charge on any atom is 0.586 e. The number of amides is 1. The van der Waals surface area contributed by atoms with Gasteiger partial charge in [-0.15, -0.1) is 8.78 Å². The van der Waals surface area contributed by atoms with Gasteiger partial charge >= 0.3 is 18.4 Å². The van der Waals surface area contributed by atoms with E-state index < -0.39 is 41.9 Å². The molecule has 1 unspecified atom stereocenters. The molecule has 0 saturated heterocycles. The highest BCUT2D eigenvalue weighted by atomic mass is 79.9. The first kappa shape index (κ1) is 26.2. The molecule has 2 aromatic carbocycles. The molecule has 2 aliphatic rings. The second-order valence-corrected chi connectivity index (χ2v) is 9.81. The minimum atomic E-state index is -4.78. The molecular formula is C24H21BrF5NO5. The Balaban J connectivity index is 1.65. The molecule has 1 heterocycles. The van der Waals surface area contributed by atoms with Gasteiger partial charge in [0, 0.05) is 4.47 Å². The van der Waals surface area contributed by atoms with Crippen molar-refractivity contribution in [1.29, 1.82) is 0 Å². The zero-order valence-electron chi connectivity index (χ0n) is 18.7. The third-order valence-electron chi connectivity index (χ3n) is 6.35. The highest BCUT2D eigenvalue weighted by Crippen LogP contribution is 2.47. The fourth-order valence-corrected chi connectivity index (χ4v) is 4.68. The second kappa shape index (κ2) is 9.53. The summed E-state index contributed by atoms with van der Waals surface area (Å²) in [6.45, 7) is 0.824. The first-order valence-corrected chi connectivity index (χ1v) is 11.8. The largest absolute Gasteiger partial charge is 0.586 e. The van der Waals surface area contributed by atoms with Crippen molar-refractivity contribution in [3.63, 3.8) is 0 Å². The van der Waals surface area contributed by atoms with Crippen LogP contribution < -0.4 is 14.8 Å². The van der Waals surface area contributed by atoms with Gasteiger partial charge in [-0.05, 0) is 76.0 Å². The molecule has 0 bridgehead atoms. The molecule has 1 saturated carbocycles. The summed E-state index contributed by atoms with van der Waals surface area (Å²) in [7, 11) is 0. The van der Waals surface area contributed by atoms with Crippen molar-refractivity contribution in [3.8, 4) is 11.5 Å². The highest BCUT2D eigenvalue weighted by molar-refractivity contribution is 9.10. The van der Waals surface area contributed by atoms with Gasteiger partial charge in [-0.1, -0.05) is 19.1 Å². The number of benzene rings is 2. The lowest BCUT2D eigenvalue weighted by Gasteiger charge is -2.26. The summed E-state index contributed by atoms with van der Waals surface area (Å²) >= 11 is 3.27. The Labute approximate surface area is 210 Å². The number of halogens is 6. The number of anilines is 1. The smallest absolute Gasteiger partial charge is 0.481 e. The van der Waals surface area contributed by atoms with Crippen molar-refractivity contribution in [2.75, 3.05) is 5.32 Å². The van der Waals surface area contributed by atoms with Gasteiger partial charge in [-0.25, -0.2) is 0 Å². The zero-order chi connectivity index (χ0) is 26.4. The molecular weight excluding hydrogens is 557 g/mol. The number of hydrogen-bond donors (Lipinski definition) is 2. The quantitative estimate of drug-likeness (QED) is 0.343. The van der Waals surface area contributed by atoms with E-state index in [-0.39, 0.29) is 35.3 Å². The van der Waals surface area contributed by atoms with Crippen LogP contribution in [0.1, 0.15) is 49.1 Å². The Morgan fingerprint density at radius 1 is 1.11 bits per heavy atom. The van der Waals surface area contributed by atoms with E-state index in [1.165, 1.54) is 0 Å². The van der Waals surface area contributed by atoms with E-state index in [4.69, 9.17) is 0 Å². The number of carbonyl (C=O) groups is 2. The Morgan fingerprint density at radius 3 is 2.36 bits per heavy atom. The lowest BCUT2D eigenvalue weighted by molar-refractivity contribution is -0.286. The van der Waals surface area contributed by atoms with E-state index in [2.05, 4.69) is 30.7 Å². The molecule has 194 valence electrons. The minimum Gasteiger partial charge on any atom is -0.481 e. The summed E-state index contributed by atoms with van der Waals surface area (Å²) in [5.41, 5.74) is 0.621. The third-order valence-corrected chi connectivity index (χ3v) is 7.04. The van der Waals surface area contributed by atoms with E-state index in [0.717, 1.165) is 38.0 Å². The fourth-order valence-electron chi connectivity index (χ4n) is 4.34. The number of carbonyl (C=O) groups excluding carboxylic acids is 1. The number of aliphatic carboxylic acids is 1. The number of carboxylic acid groups (broad SMARTS) is 1. The minimum absolute atomic E-state index is 0.116. The summed E-state index contributed by atoms with van der Waals surface area (Å²) in [6.07, 6.45) is -7.13. The topological polar surface area (TPSA) is 84.9 Å². The van der Waals surface area contributed by atoms with Crippen LogP contribution in [0.2, 0.25) is 0 Å². The van der Waals surface area contributed by atoms with Crippen LogP contribution in [0.15, 0.2) is 40.9 Å². The van der Waals surface area contributed by atoms with Crippen molar-refractivity contribution in [1.82, 2.24) is 0 Å². The molecule has 36 heavy (non-hydrogen) atoms. The number of hydrogen-bond acceptors (Lipinski definition) is 4. The molecule has 3 atom stereocenters. The van der Waals surface area contributed by atoms with Gasteiger partial charge in [0.05, 0.1) is 23.9 Å². The molecule has 0 spiro atoms. The molecule has 1 aliphatic heterocycles. The summed E-state index contributed by atoms with van der Waals surface area (Å²) in [5.74, 6) is -6.94. The van der Waals surface area contributed by atoms with Crippen LogP contribution in [0.4, 0.5) is 27.6 Å². The molecule has 1 amide bonds. The summed E-state index contributed by atoms with van der Waals surface area (Å²) in [5, 5.41) is 11.8. The Hall–Kier alpha value is -2.89. The van der Waals surface area contributed by atoms with Crippen molar-refractivity contribution in [3.05, 3.63) is 52.0 Å². The number of alkyl halides is 5. The van der Waals surface area contributed by atoms with Crippen molar-refractivity contribution in [2.24, 2.45) is 11.8 Å². The molecule has 1 fully saturated rings.